The minimum atomic E-state index is 0.195. The van der Waals surface area contributed by atoms with Crippen molar-refractivity contribution in [3.63, 3.8) is 0 Å². The molecule has 0 bridgehead atoms. The van der Waals surface area contributed by atoms with E-state index in [4.69, 9.17) is 0 Å². The maximum Gasteiger partial charge on any atom is 0.227 e. The maximum absolute atomic E-state index is 12.5. The molecule has 4 nitrogen and oxygen atoms in total. The van der Waals surface area contributed by atoms with Gasteiger partial charge in [-0.15, -0.1) is 0 Å². The molecule has 98 valence electrons. The molecule has 17 heavy (non-hydrogen) atoms. The van der Waals surface area contributed by atoms with Gasteiger partial charge in [-0.05, 0) is 39.4 Å². The van der Waals surface area contributed by atoms with Gasteiger partial charge in [-0.25, -0.2) is 0 Å². The second-order valence-corrected chi connectivity index (χ2v) is 5.74. The average molecular weight is 239 g/mol. The smallest absolute Gasteiger partial charge is 0.227 e. The van der Waals surface area contributed by atoms with Crippen LogP contribution in [0.4, 0.5) is 0 Å². The molecule has 1 amide bonds. The zero-order valence-corrected chi connectivity index (χ0v) is 11.3. The number of rotatable bonds is 1. The molecule has 0 saturated carbocycles. The molecule has 2 fully saturated rings. The van der Waals surface area contributed by atoms with Crippen LogP contribution in [0, 0.1) is 11.8 Å². The first-order chi connectivity index (χ1) is 8.09. The highest BCUT2D eigenvalue weighted by atomic mass is 16.2. The Morgan fingerprint density at radius 1 is 1.24 bits per heavy atom. The molecule has 0 aromatic carbocycles. The summed E-state index contributed by atoms with van der Waals surface area (Å²) >= 11 is 0. The highest BCUT2D eigenvalue weighted by Gasteiger charge is 2.35. The van der Waals surface area contributed by atoms with E-state index in [0.717, 1.165) is 39.1 Å². The first kappa shape index (κ1) is 12.8. The van der Waals surface area contributed by atoms with Gasteiger partial charge in [-0.2, -0.15) is 0 Å². The molecule has 0 aromatic rings. The lowest BCUT2D eigenvalue weighted by molar-refractivity contribution is -0.137. The predicted molar refractivity (Wildman–Crippen MR) is 68.8 cm³/mol. The van der Waals surface area contributed by atoms with Crippen molar-refractivity contribution in [2.75, 3.05) is 39.8 Å². The number of nitrogens with one attached hydrogen (secondary N) is 1. The van der Waals surface area contributed by atoms with E-state index in [9.17, 15) is 4.79 Å². The van der Waals surface area contributed by atoms with Gasteiger partial charge >= 0.3 is 0 Å². The first-order valence-electron chi connectivity index (χ1n) is 6.79. The Labute approximate surface area is 104 Å². The monoisotopic (exact) mass is 239 g/mol. The third-order valence-electron chi connectivity index (χ3n) is 4.16. The van der Waals surface area contributed by atoms with Crippen LogP contribution in [0.3, 0.4) is 0 Å². The Hall–Kier alpha value is -0.610. The quantitative estimate of drug-likeness (QED) is 0.719. The number of hydrogen-bond donors (Lipinski definition) is 1. The third kappa shape index (κ3) is 2.80. The molecule has 0 aromatic heterocycles. The molecule has 0 spiro atoms. The molecule has 2 aliphatic heterocycles. The van der Waals surface area contributed by atoms with E-state index in [1.165, 1.54) is 0 Å². The van der Waals surface area contributed by atoms with E-state index >= 15 is 0 Å². The summed E-state index contributed by atoms with van der Waals surface area (Å²) in [7, 11) is 2.14. The fourth-order valence-corrected chi connectivity index (χ4v) is 3.05. The van der Waals surface area contributed by atoms with Crippen molar-refractivity contribution in [3.8, 4) is 0 Å². The van der Waals surface area contributed by atoms with Crippen molar-refractivity contribution in [2.24, 2.45) is 11.8 Å². The number of likely N-dealkylation sites (N-methyl/N-ethyl adjacent to an activating group) is 1. The summed E-state index contributed by atoms with van der Waals surface area (Å²) in [6, 6.07) is 0.350. The van der Waals surface area contributed by atoms with Crippen LogP contribution >= 0.6 is 0 Å². The lowest BCUT2D eigenvalue weighted by Gasteiger charge is -2.31. The van der Waals surface area contributed by atoms with Gasteiger partial charge < -0.3 is 15.1 Å². The number of carbonyl (C=O) groups excluding carboxylic acids is 1. The zero-order valence-electron chi connectivity index (χ0n) is 11.3. The summed E-state index contributed by atoms with van der Waals surface area (Å²) in [5.41, 5.74) is 0. The molecule has 3 atom stereocenters. The summed E-state index contributed by atoms with van der Waals surface area (Å²) in [5.74, 6) is 1.04. The van der Waals surface area contributed by atoms with Gasteiger partial charge in [-0.3, -0.25) is 4.79 Å². The molecule has 2 saturated heterocycles. The van der Waals surface area contributed by atoms with Crippen molar-refractivity contribution in [1.82, 2.24) is 15.1 Å². The van der Waals surface area contributed by atoms with Crippen molar-refractivity contribution in [1.29, 1.82) is 0 Å². The SMILES string of the molecule is CC1CNCC1C(=O)N1CCCN(C)CC1C. The van der Waals surface area contributed by atoms with Gasteiger partial charge in [0.2, 0.25) is 5.91 Å². The fraction of sp³-hybridized carbons (Fsp3) is 0.923. The number of carbonyl (C=O) groups is 1. The Morgan fingerprint density at radius 3 is 2.65 bits per heavy atom. The van der Waals surface area contributed by atoms with Crippen molar-refractivity contribution in [3.05, 3.63) is 0 Å². The molecule has 2 aliphatic rings. The molecule has 4 heteroatoms. The lowest BCUT2D eigenvalue weighted by atomic mass is 9.96. The second kappa shape index (κ2) is 5.36. The molecular formula is C13H25N3O. The van der Waals surface area contributed by atoms with E-state index < -0.39 is 0 Å². The molecule has 0 radical (unpaired) electrons. The van der Waals surface area contributed by atoms with E-state index in [1.807, 2.05) is 0 Å². The highest BCUT2D eigenvalue weighted by Crippen LogP contribution is 2.21. The first-order valence-corrected chi connectivity index (χ1v) is 6.79. The summed E-state index contributed by atoms with van der Waals surface area (Å²) in [6.45, 7) is 9.22. The molecule has 2 rings (SSSR count). The summed E-state index contributed by atoms with van der Waals surface area (Å²) in [5, 5.41) is 3.32. The van der Waals surface area contributed by atoms with Crippen molar-refractivity contribution < 1.29 is 4.79 Å². The third-order valence-corrected chi connectivity index (χ3v) is 4.16. The molecule has 2 heterocycles. The van der Waals surface area contributed by atoms with Crippen LogP contribution in [-0.2, 0) is 4.79 Å². The molecular weight excluding hydrogens is 214 g/mol. The minimum Gasteiger partial charge on any atom is -0.338 e. The average Bonchev–Trinajstić information content (AvgIpc) is 2.61. The summed E-state index contributed by atoms with van der Waals surface area (Å²) in [6.07, 6.45) is 1.10. The van der Waals surface area contributed by atoms with E-state index in [2.05, 4.69) is 36.0 Å². The predicted octanol–water partition coefficient (Wildman–Crippen LogP) is 0.395. The van der Waals surface area contributed by atoms with Gasteiger partial charge in [0.1, 0.15) is 0 Å². The van der Waals surface area contributed by atoms with Crippen molar-refractivity contribution >= 4 is 5.91 Å². The van der Waals surface area contributed by atoms with Crippen LogP contribution in [-0.4, -0.2) is 61.5 Å². The second-order valence-electron chi connectivity index (χ2n) is 5.74. The Morgan fingerprint density at radius 2 is 2.00 bits per heavy atom. The zero-order chi connectivity index (χ0) is 12.4. The van der Waals surface area contributed by atoms with E-state index in [1.54, 1.807) is 0 Å². The molecule has 0 aliphatic carbocycles. The van der Waals surface area contributed by atoms with Gasteiger partial charge in [0.25, 0.3) is 0 Å². The normalized spacial score (nSPS) is 35.9. The molecule has 3 unspecified atom stereocenters. The van der Waals surface area contributed by atoms with Crippen LogP contribution in [0.15, 0.2) is 0 Å². The van der Waals surface area contributed by atoms with Crippen LogP contribution in [0.1, 0.15) is 20.3 Å². The largest absolute Gasteiger partial charge is 0.338 e. The van der Waals surface area contributed by atoms with Gasteiger partial charge in [0, 0.05) is 25.7 Å². The summed E-state index contributed by atoms with van der Waals surface area (Å²) in [4.78, 5) is 17.0. The van der Waals surface area contributed by atoms with E-state index in [-0.39, 0.29) is 5.92 Å². The Kier molecular flexibility index (Phi) is 4.05. The highest BCUT2D eigenvalue weighted by molar-refractivity contribution is 5.80. The fourth-order valence-electron chi connectivity index (χ4n) is 3.05. The van der Waals surface area contributed by atoms with Gasteiger partial charge in [-0.1, -0.05) is 6.92 Å². The maximum atomic E-state index is 12.5. The van der Waals surface area contributed by atoms with Crippen LogP contribution < -0.4 is 5.32 Å². The molecule has 1 N–H and O–H groups in total. The van der Waals surface area contributed by atoms with E-state index in [0.29, 0.717) is 17.9 Å². The lowest BCUT2D eigenvalue weighted by Crippen LogP contribution is -2.46. The topological polar surface area (TPSA) is 35.6 Å². The summed E-state index contributed by atoms with van der Waals surface area (Å²) < 4.78 is 0. The number of amides is 1. The Bertz CT molecular complexity index is 282. The van der Waals surface area contributed by atoms with Crippen LogP contribution in [0.2, 0.25) is 0 Å². The van der Waals surface area contributed by atoms with Gasteiger partial charge in [0.15, 0.2) is 0 Å². The van der Waals surface area contributed by atoms with Crippen LogP contribution in [0.25, 0.3) is 0 Å². The minimum absolute atomic E-state index is 0.195. The standard InChI is InChI=1S/C13H25N3O/c1-10-7-14-8-12(10)13(17)16-6-4-5-15(3)9-11(16)2/h10-12,14H,4-9H2,1-3H3. The number of nitrogens with zero attached hydrogens (tertiary/aromatic N) is 2. The Balaban J connectivity index is 2.02. The van der Waals surface area contributed by atoms with Crippen LogP contribution in [0.5, 0.6) is 0 Å². The van der Waals surface area contributed by atoms with Gasteiger partial charge in [0.05, 0.1) is 5.92 Å². The number of hydrogen-bond acceptors (Lipinski definition) is 3. The van der Waals surface area contributed by atoms with Crippen molar-refractivity contribution in [2.45, 2.75) is 26.3 Å².